The van der Waals surface area contributed by atoms with Gasteiger partial charge in [0.05, 0.1) is 48.7 Å². The average molecular weight is 846 g/mol. The third-order valence-corrected chi connectivity index (χ3v) is 9.27. The number of hydrogen-bond donors (Lipinski definition) is 4. The number of nitrogens with two attached hydrogens (primary N) is 1. The van der Waals surface area contributed by atoms with Crippen molar-refractivity contribution < 1.29 is 92.9 Å². The molecule has 4 unspecified atom stereocenters. The Morgan fingerprint density at radius 3 is 2.14 bits per heavy atom. The molecular formula is C35H41F6NO14S. The molecule has 5 N–H and O–H groups in total. The number of amides is 1. The molecule has 1 saturated heterocycles. The smallest absolute Gasteiger partial charge is 0.497 e. The molecule has 0 radical (unpaired) electrons. The number of hydrogen-bond acceptors (Lipinski definition) is 14. The van der Waals surface area contributed by atoms with Crippen molar-refractivity contribution in [1.29, 1.82) is 0 Å². The highest BCUT2D eigenvalue weighted by Gasteiger charge is 2.45. The highest BCUT2D eigenvalue weighted by molar-refractivity contribution is 7.81. The molecule has 2 aromatic rings. The van der Waals surface area contributed by atoms with E-state index < -0.39 is 119 Å². The fourth-order valence-electron chi connectivity index (χ4n) is 6.04. The predicted molar refractivity (Wildman–Crippen MR) is 183 cm³/mol. The number of aliphatic hydroxyl groups is 1. The number of phenols is 2. The Morgan fingerprint density at radius 2 is 1.61 bits per heavy atom. The Labute approximate surface area is 324 Å². The Hall–Kier alpha value is -4.19. The largest absolute Gasteiger partial charge is 0.507 e. The summed E-state index contributed by atoms with van der Waals surface area (Å²) in [5.74, 6) is -6.60. The van der Waals surface area contributed by atoms with Gasteiger partial charge in [-0.25, -0.2) is 4.21 Å². The molecule has 2 aliphatic carbocycles. The van der Waals surface area contributed by atoms with E-state index in [0.717, 1.165) is 0 Å². The maximum atomic E-state index is 13.8. The van der Waals surface area contributed by atoms with E-state index in [2.05, 4.69) is 9.92 Å². The summed E-state index contributed by atoms with van der Waals surface area (Å²) in [5.41, 5.74) is -2.55. The van der Waals surface area contributed by atoms with E-state index in [-0.39, 0.29) is 53.7 Å². The number of halogens is 6. The van der Waals surface area contributed by atoms with Crippen LogP contribution in [0.5, 0.6) is 17.2 Å². The van der Waals surface area contributed by atoms with Gasteiger partial charge in [0.1, 0.15) is 23.9 Å². The molecule has 2 aromatic carbocycles. The first-order chi connectivity index (χ1) is 26.6. The molecule has 0 aromatic heterocycles. The summed E-state index contributed by atoms with van der Waals surface area (Å²) < 4.78 is 113. The van der Waals surface area contributed by atoms with Crippen molar-refractivity contribution in [3.05, 3.63) is 51.6 Å². The van der Waals surface area contributed by atoms with Gasteiger partial charge >= 0.3 is 17.6 Å². The molecule has 6 atom stereocenters. The summed E-state index contributed by atoms with van der Waals surface area (Å²) in [5, 5.41) is 33.1. The van der Waals surface area contributed by atoms with Crippen molar-refractivity contribution in [3.8, 4) is 17.2 Å². The van der Waals surface area contributed by atoms with Crippen LogP contribution in [0.3, 0.4) is 0 Å². The average Bonchev–Trinajstić information content (AvgIpc) is 3.14. The molecule has 57 heavy (non-hydrogen) atoms. The maximum Gasteiger partial charge on any atom is 0.497 e. The number of benzene rings is 2. The molecule has 0 bridgehead atoms. The number of methoxy groups -OCH3 is 1. The summed E-state index contributed by atoms with van der Waals surface area (Å²) >= 11 is -3.56. The van der Waals surface area contributed by atoms with Crippen LogP contribution in [0.1, 0.15) is 96.0 Å². The molecular weight excluding hydrogens is 804 g/mol. The minimum absolute atomic E-state index is 0.0499. The minimum atomic E-state index is -5.08. The Kier molecular flexibility index (Phi) is 16.1. The Balaban J connectivity index is 0.000000873. The minimum Gasteiger partial charge on any atom is -0.507 e. The number of ether oxygens (including phenoxy) is 5. The number of carbonyl (C=O) groups is 4. The monoisotopic (exact) mass is 845 g/mol. The van der Waals surface area contributed by atoms with Crippen LogP contribution in [-0.2, 0) is 50.2 Å². The molecule has 5 rings (SSSR count). The molecule has 0 saturated carbocycles. The van der Waals surface area contributed by atoms with Crippen LogP contribution in [0.2, 0.25) is 0 Å². The van der Waals surface area contributed by atoms with Gasteiger partial charge in [-0.2, -0.15) is 26.3 Å². The van der Waals surface area contributed by atoms with Crippen LogP contribution < -0.4 is 10.5 Å². The lowest BCUT2D eigenvalue weighted by Gasteiger charge is -2.37. The standard InChI is InChI=1S/C31H33F3O13S.C2H2F3NO.C2H6/c1-13(2)45-30(40)44-12-18(35)14-9-17-23(20(10-14)46-21-8-7-15(11-43-21)47-48(41)31(32,33)34)29(39)25-24(27(17)37)26(36)16-5-4-6-19(42-3)22(16)28(25)38;3-2(4,5)1(6)7;1-2/h4-6,13-15,20-21,30,37,39-40H,7-12H2,1-3H3;(H2,6,7);1-2H3/t14?,15-,20-,21?,30?,48?;;/m0../s1. The van der Waals surface area contributed by atoms with E-state index in [1.165, 1.54) is 25.3 Å². The van der Waals surface area contributed by atoms with Gasteiger partial charge in [-0.1, -0.05) is 26.0 Å². The van der Waals surface area contributed by atoms with E-state index in [4.69, 9.17) is 28.5 Å². The molecule has 318 valence electrons. The fraction of sp³-hybridized carbons (Fsp3) is 0.543. The van der Waals surface area contributed by atoms with Gasteiger partial charge in [0, 0.05) is 29.0 Å². The number of aliphatic hydroxyl groups excluding tert-OH is 1. The zero-order valence-corrected chi connectivity index (χ0v) is 31.8. The molecule has 22 heteroatoms. The van der Waals surface area contributed by atoms with Crippen LogP contribution in [0.4, 0.5) is 26.3 Å². The van der Waals surface area contributed by atoms with Gasteiger partial charge in [-0.05, 0) is 39.2 Å². The predicted octanol–water partition coefficient (Wildman–Crippen LogP) is 4.55. The lowest BCUT2D eigenvalue weighted by Crippen LogP contribution is -2.38. The van der Waals surface area contributed by atoms with E-state index >= 15 is 0 Å². The number of primary amides is 1. The molecule has 0 spiro atoms. The number of aromatic hydroxyl groups is 2. The Morgan fingerprint density at radius 1 is 1.00 bits per heavy atom. The van der Waals surface area contributed by atoms with Gasteiger partial charge in [0.2, 0.25) is 5.78 Å². The van der Waals surface area contributed by atoms with Gasteiger partial charge < -0.3 is 44.7 Å². The van der Waals surface area contributed by atoms with Gasteiger partial charge in [0.15, 0.2) is 17.9 Å². The Bertz CT molecular complexity index is 1830. The van der Waals surface area contributed by atoms with Gasteiger partial charge in [-0.15, -0.1) is 0 Å². The number of fused-ring (bicyclic) bond motifs is 3. The number of alkyl halides is 6. The molecule has 15 nitrogen and oxygen atoms in total. The molecule has 3 aliphatic rings. The van der Waals surface area contributed by atoms with Gasteiger partial charge in [-0.3, -0.25) is 23.4 Å². The maximum absolute atomic E-state index is 13.8. The second-order valence-electron chi connectivity index (χ2n) is 12.5. The highest BCUT2D eigenvalue weighted by atomic mass is 32.2. The second kappa shape index (κ2) is 19.5. The quantitative estimate of drug-likeness (QED) is 0.118. The number of rotatable bonds is 11. The highest BCUT2D eigenvalue weighted by Crippen LogP contribution is 2.51. The number of carbonyl (C=O) groups excluding carboxylic acids is 4. The van der Waals surface area contributed by atoms with Crippen LogP contribution in [0.15, 0.2) is 18.2 Å². The summed E-state index contributed by atoms with van der Waals surface area (Å²) in [6, 6.07) is 4.32. The SMILES string of the molecule is CC.COc1cccc2c1C(=O)c1c(O)c3c(c(O)c1C2=O)CC(C(=O)COC(O)OC(C)C)C[C@@H]3OC1CC[C@H](OS(=O)C(F)(F)F)CO1.NC(=O)C(F)(F)F. The molecule has 1 aliphatic heterocycles. The summed E-state index contributed by atoms with van der Waals surface area (Å²) in [4.78, 5) is 49.9. The summed E-state index contributed by atoms with van der Waals surface area (Å²) in [7, 11) is 1.30. The van der Waals surface area contributed by atoms with E-state index in [1.807, 2.05) is 13.8 Å². The third kappa shape index (κ3) is 11.3. The second-order valence-corrected chi connectivity index (χ2v) is 13.6. The topological polar surface area (TPSA) is 227 Å². The first-order valence-corrected chi connectivity index (χ1v) is 18.3. The molecule has 1 heterocycles. The lowest BCUT2D eigenvalue weighted by atomic mass is 9.73. The van der Waals surface area contributed by atoms with E-state index in [1.54, 1.807) is 13.8 Å². The van der Waals surface area contributed by atoms with Crippen LogP contribution in [0, 0.1) is 5.92 Å². The lowest BCUT2D eigenvalue weighted by molar-refractivity contribution is -0.274. The fourth-order valence-corrected chi connectivity index (χ4v) is 6.55. The van der Waals surface area contributed by atoms with Crippen molar-refractivity contribution in [3.63, 3.8) is 0 Å². The van der Waals surface area contributed by atoms with Crippen molar-refractivity contribution in [2.75, 3.05) is 20.3 Å². The zero-order chi connectivity index (χ0) is 43.2. The number of Topliss-reactive ketones (excluding diaryl/α,β-unsaturated/α-hetero) is 1. The summed E-state index contributed by atoms with van der Waals surface area (Å²) in [6.07, 6.45) is -9.29. The van der Waals surface area contributed by atoms with Crippen LogP contribution >= 0.6 is 0 Å². The first-order valence-electron chi connectivity index (χ1n) is 17.2. The third-order valence-electron chi connectivity index (χ3n) is 8.45. The van der Waals surface area contributed by atoms with E-state index in [9.17, 15) is 60.3 Å². The van der Waals surface area contributed by atoms with Crippen molar-refractivity contribution in [2.24, 2.45) is 11.7 Å². The number of phenolic OH excluding ortho intramolecular Hbond substituents is 2. The van der Waals surface area contributed by atoms with Crippen molar-refractivity contribution in [2.45, 2.75) is 96.1 Å². The van der Waals surface area contributed by atoms with E-state index in [0.29, 0.717) is 0 Å². The van der Waals surface area contributed by atoms with Crippen molar-refractivity contribution >= 4 is 34.3 Å². The first kappa shape index (κ1) is 47.2. The zero-order valence-electron chi connectivity index (χ0n) is 31.0. The molecule has 1 fully saturated rings. The van der Waals surface area contributed by atoms with Crippen molar-refractivity contribution in [1.82, 2.24) is 0 Å². The van der Waals surface area contributed by atoms with Crippen LogP contribution in [0.25, 0.3) is 0 Å². The van der Waals surface area contributed by atoms with Crippen LogP contribution in [-0.4, -0.2) is 99.8 Å². The normalized spacial score (nSPS) is 21.4. The summed E-state index contributed by atoms with van der Waals surface area (Å²) in [6.45, 7) is 4.53. The van der Waals surface area contributed by atoms with Gasteiger partial charge in [0.25, 0.3) is 17.6 Å². The molecule has 1 amide bonds. The number of ketones is 3.